The maximum Gasteiger partial charge on any atom is 0.274 e. The first-order valence-corrected chi connectivity index (χ1v) is 8.69. The van der Waals surface area contributed by atoms with Gasteiger partial charge < -0.3 is 20.5 Å². The van der Waals surface area contributed by atoms with Crippen LogP contribution < -0.4 is 10.6 Å². The fourth-order valence-electron chi connectivity index (χ4n) is 2.92. The van der Waals surface area contributed by atoms with E-state index in [1.807, 2.05) is 13.8 Å². The van der Waals surface area contributed by atoms with E-state index < -0.39 is 5.91 Å². The quantitative estimate of drug-likeness (QED) is 0.632. The third kappa shape index (κ3) is 5.20. The lowest BCUT2D eigenvalue weighted by molar-refractivity contribution is 0.0943. The van der Waals surface area contributed by atoms with Gasteiger partial charge in [-0.1, -0.05) is 17.7 Å². The Morgan fingerprint density at radius 2 is 1.88 bits per heavy atom. The SMILES string of the molecule is COCCCNc1cnc(C(=O)NCc2c(C)cc(C)cc2C)c(O)c1. The summed E-state index contributed by atoms with van der Waals surface area (Å²) < 4.78 is 4.98. The Labute approximate surface area is 154 Å². The lowest BCUT2D eigenvalue weighted by atomic mass is 10.00. The molecule has 1 amide bonds. The maximum atomic E-state index is 12.4. The van der Waals surface area contributed by atoms with Crippen LogP contribution in [-0.4, -0.2) is 36.3 Å². The summed E-state index contributed by atoms with van der Waals surface area (Å²) in [5, 5.41) is 16.1. The minimum absolute atomic E-state index is 0.0230. The van der Waals surface area contributed by atoms with Crippen molar-refractivity contribution in [2.24, 2.45) is 0 Å². The molecule has 0 aliphatic carbocycles. The van der Waals surface area contributed by atoms with Crippen molar-refractivity contribution in [3.8, 4) is 5.75 Å². The van der Waals surface area contributed by atoms with Crippen LogP contribution in [0.2, 0.25) is 0 Å². The molecular formula is C20H27N3O3. The number of rotatable bonds is 8. The zero-order valence-corrected chi connectivity index (χ0v) is 15.8. The van der Waals surface area contributed by atoms with E-state index in [0.29, 0.717) is 25.4 Å². The summed E-state index contributed by atoms with van der Waals surface area (Å²) in [5.74, 6) is -0.538. The maximum absolute atomic E-state index is 12.4. The zero-order chi connectivity index (χ0) is 19.1. The topological polar surface area (TPSA) is 83.5 Å². The predicted molar refractivity (Wildman–Crippen MR) is 103 cm³/mol. The van der Waals surface area contributed by atoms with Crippen molar-refractivity contribution >= 4 is 11.6 Å². The third-order valence-electron chi connectivity index (χ3n) is 4.20. The van der Waals surface area contributed by atoms with Crippen LogP contribution >= 0.6 is 0 Å². The Morgan fingerprint density at radius 1 is 1.19 bits per heavy atom. The third-order valence-corrected chi connectivity index (χ3v) is 4.20. The van der Waals surface area contributed by atoms with Crippen molar-refractivity contribution in [1.82, 2.24) is 10.3 Å². The van der Waals surface area contributed by atoms with Crippen LogP contribution in [0.5, 0.6) is 5.75 Å². The largest absolute Gasteiger partial charge is 0.505 e. The molecule has 2 rings (SSSR count). The van der Waals surface area contributed by atoms with Crippen LogP contribution in [0.1, 0.15) is 39.2 Å². The molecule has 6 nitrogen and oxygen atoms in total. The molecule has 1 aromatic carbocycles. The molecule has 6 heteroatoms. The van der Waals surface area contributed by atoms with Crippen LogP contribution in [0, 0.1) is 20.8 Å². The molecule has 0 atom stereocenters. The van der Waals surface area contributed by atoms with E-state index in [9.17, 15) is 9.90 Å². The molecule has 0 saturated heterocycles. The van der Waals surface area contributed by atoms with E-state index in [-0.39, 0.29) is 11.4 Å². The molecule has 3 N–H and O–H groups in total. The second kappa shape index (κ2) is 9.20. The van der Waals surface area contributed by atoms with Crippen molar-refractivity contribution in [2.75, 3.05) is 25.6 Å². The van der Waals surface area contributed by atoms with Gasteiger partial charge in [0.2, 0.25) is 0 Å². The summed E-state index contributed by atoms with van der Waals surface area (Å²) in [6.45, 7) is 7.86. The Morgan fingerprint density at radius 3 is 2.50 bits per heavy atom. The van der Waals surface area contributed by atoms with Crippen molar-refractivity contribution < 1.29 is 14.6 Å². The van der Waals surface area contributed by atoms with E-state index in [2.05, 4.69) is 34.7 Å². The molecule has 0 bridgehead atoms. The molecule has 0 radical (unpaired) electrons. The van der Waals surface area contributed by atoms with E-state index in [1.165, 1.54) is 11.6 Å². The number of ether oxygens (including phenoxy) is 1. The van der Waals surface area contributed by atoms with Crippen molar-refractivity contribution in [1.29, 1.82) is 0 Å². The number of aryl methyl sites for hydroxylation is 3. The summed E-state index contributed by atoms with van der Waals surface area (Å²) >= 11 is 0. The van der Waals surface area contributed by atoms with Gasteiger partial charge >= 0.3 is 0 Å². The van der Waals surface area contributed by atoms with Gasteiger partial charge in [-0.3, -0.25) is 4.79 Å². The van der Waals surface area contributed by atoms with Crippen molar-refractivity contribution in [3.05, 3.63) is 52.3 Å². The molecule has 0 unspecified atom stereocenters. The highest BCUT2D eigenvalue weighted by molar-refractivity contribution is 5.95. The van der Waals surface area contributed by atoms with Crippen LogP contribution in [0.3, 0.4) is 0 Å². The highest BCUT2D eigenvalue weighted by Gasteiger charge is 2.14. The number of aromatic hydroxyl groups is 1. The number of nitrogens with zero attached hydrogens (tertiary/aromatic N) is 1. The Balaban J connectivity index is 1.99. The van der Waals surface area contributed by atoms with E-state index in [1.54, 1.807) is 13.3 Å². The Kier molecular flexibility index (Phi) is 6.97. The summed E-state index contributed by atoms with van der Waals surface area (Å²) in [7, 11) is 1.65. The van der Waals surface area contributed by atoms with E-state index in [4.69, 9.17) is 4.74 Å². The number of anilines is 1. The fourth-order valence-corrected chi connectivity index (χ4v) is 2.92. The lowest BCUT2D eigenvalue weighted by Gasteiger charge is -2.13. The Bertz CT molecular complexity index is 752. The van der Waals surface area contributed by atoms with Gasteiger partial charge in [0.25, 0.3) is 5.91 Å². The van der Waals surface area contributed by atoms with Gasteiger partial charge in [-0.2, -0.15) is 0 Å². The van der Waals surface area contributed by atoms with Crippen LogP contribution in [-0.2, 0) is 11.3 Å². The molecule has 0 fully saturated rings. The van der Waals surface area contributed by atoms with Gasteiger partial charge in [0.1, 0.15) is 5.75 Å². The minimum Gasteiger partial charge on any atom is -0.505 e. The Hall–Kier alpha value is -2.60. The van der Waals surface area contributed by atoms with E-state index in [0.717, 1.165) is 23.1 Å². The van der Waals surface area contributed by atoms with Gasteiger partial charge in [0, 0.05) is 32.9 Å². The molecule has 0 saturated carbocycles. The number of carbonyl (C=O) groups is 1. The van der Waals surface area contributed by atoms with Crippen LogP contribution in [0.15, 0.2) is 24.4 Å². The van der Waals surface area contributed by atoms with Crippen LogP contribution in [0.25, 0.3) is 0 Å². The highest BCUT2D eigenvalue weighted by Crippen LogP contribution is 2.20. The smallest absolute Gasteiger partial charge is 0.274 e. The molecule has 140 valence electrons. The number of benzene rings is 1. The molecule has 0 spiro atoms. The van der Waals surface area contributed by atoms with Gasteiger partial charge in [0.15, 0.2) is 5.69 Å². The number of hydrogen-bond acceptors (Lipinski definition) is 5. The fraction of sp³-hybridized carbons (Fsp3) is 0.400. The normalized spacial score (nSPS) is 10.6. The average molecular weight is 357 g/mol. The first-order chi connectivity index (χ1) is 12.4. The summed E-state index contributed by atoms with van der Waals surface area (Å²) in [6.07, 6.45) is 2.39. The van der Waals surface area contributed by atoms with Crippen molar-refractivity contribution in [2.45, 2.75) is 33.7 Å². The van der Waals surface area contributed by atoms with Gasteiger partial charge in [-0.25, -0.2) is 4.98 Å². The minimum atomic E-state index is -0.396. The number of pyridine rings is 1. The molecule has 1 heterocycles. The molecule has 26 heavy (non-hydrogen) atoms. The van der Waals surface area contributed by atoms with E-state index >= 15 is 0 Å². The summed E-state index contributed by atoms with van der Waals surface area (Å²) in [5.41, 5.74) is 5.24. The average Bonchev–Trinajstić information content (AvgIpc) is 2.57. The number of methoxy groups -OCH3 is 1. The van der Waals surface area contributed by atoms with Gasteiger partial charge in [0.05, 0.1) is 11.9 Å². The summed E-state index contributed by atoms with van der Waals surface area (Å²) in [4.78, 5) is 16.5. The second-order valence-electron chi connectivity index (χ2n) is 6.42. The molecule has 0 aliphatic heterocycles. The molecule has 0 aliphatic rings. The predicted octanol–water partition coefficient (Wildman–Crippen LogP) is 3.09. The highest BCUT2D eigenvalue weighted by atomic mass is 16.5. The monoisotopic (exact) mass is 357 g/mol. The lowest BCUT2D eigenvalue weighted by Crippen LogP contribution is -2.25. The number of hydrogen-bond donors (Lipinski definition) is 3. The van der Waals surface area contributed by atoms with Gasteiger partial charge in [-0.05, 0) is 43.9 Å². The van der Waals surface area contributed by atoms with Crippen molar-refractivity contribution in [3.63, 3.8) is 0 Å². The molecular weight excluding hydrogens is 330 g/mol. The number of nitrogens with one attached hydrogen (secondary N) is 2. The second-order valence-corrected chi connectivity index (χ2v) is 6.42. The van der Waals surface area contributed by atoms with Crippen LogP contribution in [0.4, 0.5) is 5.69 Å². The first-order valence-electron chi connectivity index (χ1n) is 8.69. The zero-order valence-electron chi connectivity index (χ0n) is 15.8. The number of aromatic nitrogens is 1. The standard InChI is InChI=1S/C20H27N3O3/c1-13-8-14(2)17(15(3)9-13)12-23-20(25)19-18(24)10-16(11-22-19)21-6-5-7-26-4/h8-11,21,24H,5-7,12H2,1-4H3,(H,23,25). The molecule has 1 aromatic heterocycles. The number of carbonyl (C=O) groups excluding carboxylic acids is 1. The van der Waals surface area contributed by atoms with Gasteiger partial charge in [-0.15, -0.1) is 0 Å². The number of amides is 1. The molecule has 2 aromatic rings. The first kappa shape index (κ1) is 19.7. The summed E-state index contributed by atoms with van der Waals surface area (Å²) in [6, 6.07) is 5.69.